The molecule has 0 saturated carbocycles. The first-order valence-electron chi connectivity index (χ1n) is 13.7. The van der Waals surface area contributed by atoms with Gasteiger partial charge in [-0.25, -0.2) is 0 Å². The van der Waals surface area contributed by atoms with Gasteiger partial charge in [-0.15, -0.1) is 6.58 Å². The Bertz CT molecular complexity index is 1140. The summed E-state index contributed by atoms with van der Waals surface area (Å²) in [7, 11) is 0. The molecule has 3 aliphatic rings. The van der Waals surface area contributed by atoms with Crippen LogP contribution >= 0.6 is 11.6 Å². The smallest absolute Gasteiger partial charge is 0.313 e. The summed E-state index contributed by atoms with van der Waals surface area (Å²) < 4.78 is 12.2. The number of benzene rings is 1. The number of ether oxygens (including phenoxy) is 2. The van der Waals surface area contributed by atoms with Crippen LogP contribution < -0.4 is 4.90 Å². The number of unbranched alkanes of at least 4 members (excludes halogenated alkanes) is 2. The summed E-state index contributed by atoms with van der Waals surface area (Å²) >= 11 is 6.61. The van der Waals surface area contributed by atoms with E-state index in [1.807, 2.05) is 32.9 Å². The fourth-order valence-corrected chi connectivity index (χ4v) is 7.28. The molecule has 1 aromatic rings. The number of aliphatic hydroxyl groups excluding tert-OH is 1. The van der Waals surface area contributed by atoms with Gasteiger partial charge in [0.25, 0.3) is 5.91 Å². The summed E-state index contributed by atoms with van der Waals surface area (Å²) in [5, 5.41) is 9.68. The molecule has 6 atom stereocenters. The highest BCUT2D eigenvalue weighted by atomic mass is 35.5. The largest absolute Gasteiger partial charge is 0.461 e. The molecule has 0 aromatic heterocycles. The van der Waals surface area contributed by atoms with Gasteiger partial charge in [0.2, 0.25) is 5.91 Å². The number of aliphatic hydroxyl groups is 1. The number of para-hydroxylation sites is 1. The van der Waals surface area contributed by atoms with Crippen molar-refractivity contribution in [2.75, 3.05) is 31.2 Å². The molecule has 1 N–H and O–H groups in total. The average molecular weight is 559 g/mol. The van der Waals surface area contributed by atoms with Gasteiger partial charge >= 0.3 is 5.97 Å². The van der Waals surface area contributed by atoms with Crippen LogP contribution in [-0.2, 0) is 23.9 Å². The van der Waals surface area contributed by atoms with E-state index in [9.17, 15) is 19.5 Å². The third-order valence-corrected chi connectivity index (χ3v) is 9.04. The number of likely N-dealkylation sites (tertiary alicyclic amines) is 1. The van der Waals surface area contributed by atoms with E-state index in [0.29, 0.717) is 42.9 Å². The maximum absolute atomic E-state index is 14.6. The molecular weight excluding hydrogens is 520 g/mol. The van der Waals surface area contributed by atoms with E-state index in [2.05, 4.69) is 13.2 Å². The molecule has 3 saturated heterocycles. The first kappa shape index (κ1) is 29.3. The van der Waals surface area contributed by atoms with E-state index in [1.165, 1.54) is 6.08 Å². The van der Waals surface area contributed by atoms with Crippen molar-refractivity contribution in [2.24, 2.45) is 17.8 Å². The second kappa shape index (κ2) is 11.4. The van der Waals surface area contributed by atoms with Gasteiger partial charge in [0, 0.05) is 19.7 Å². The third kappa shape index (κ3) is 4.70. The number of esters is 1. The van der Waals surface area contributed by atoms with E-state index in [1.54, 1.807) is 21.9 Å². The van der Waals surface area contributed by atoms with Crippen LogP contribution in [0.5, 0.6) is 0 Å². The number of nitrogens with zero attached hydrogens (tertiary/aromatic N) is 2. The molecule has 3 aliphatic heterocycles. The van der Waals surface area contributed by atoms with E-state index in [-0.39, 0.29) is 37.5 Å². The van der Waals surface area contributed by atoms with Crippen LogP contribution in [-0.4, -0.2) is 71.3 Å². The molecular formula is C30H39ClN2O6. The Morgan fingerprint density at radius 2 is 2.03 bits per heavy atom. The van der Waals surface area contributed by atoms with Gasteiger partial charge in [-0.3, -0.25) is 14.4 Å². The normalized spacial score (nSPS) is 30.8. The lowest BCUT2D eigenvalue weighted by Crippen LogP contribution is -2.57. The summed E-state index contributed by atoms with van der Waals surface area (Å²) in [6.45, 7) is 13.8. The number of carbonyl (C=O) groups excluding carboxylic acids is 3. The van der Waals surface area contributed by atoms with Crippen LogP contribution in [0.15, 0.2) is 43.5 Å². The van der Waals surface area contributed by atoms with Crippen LogP contribution in [0.2, 0.25) is 5.02 Å². The molecule has 8 nitrogen and oxygen atoms in total. The first-order valence-corrected chi connectivity index (χ1v) is 14.0. The summed E-state index contributed by atoms with van der Waals surface area (Å²) in [6, 6.07) is 4.47. The highest BCUT2D eigenvalue weighted by Gasteiger charge is 2.80. The van der Waals surface area contributed by atoms with Crippen molar-refractivity contribution in [1.82, 2.24) is 4.90 Å². The zero-order valence-corrected chi connectivity index (χ0v) is 23.8. The first-order chi connectivity index (χ1) is 18.6. The number of aryl methyl sites for hydroxylation is 1. The molecule has 212 valence electrons. The lowest BCUT2D eigenvalue weighted by atomic mass is 9.62. The highest BCUT2D eigenvalue weighted by Crippen LogP contribution is 2.65. The zero-order chi connectivity index (χ0) is 28.5. The van der Waals surface area contributed by atoms with Gasteiger partial charge in [-0.1, -0.05) is 49.4 Å². The van der Waals surface area contributed by atoms with Gasteiger partial charge in [-0.2, -0.15) is 0 Å². The number of halogens is 1. The van der Waals surface area contributed by atoms with Crippen molar-refractivity contribution in [2.45, 2.75) is 63.7 Å². The topological polar surface area (TPSA) is 96.4 Å². The number of hydrogen-bond acceptors (Lipinski definition) is 6. The second-order valence-corrected chi connectivity index (χ2v) is 11.5. The van der Waals surface area contributed by atoms with Crippen LogP contribution in [0.25, 0.3) is 0 Å². The van der Waals surface area contributed by atoms with E-state index in [4.69, 9.17) is 21.1 Å². The van der Waals surface area contributed by atoms with Crippen molar-refractivity contribution in [3.63, 3.8) is 0 Å². The van der Waals surface area contributed by atoms with Crippen LogP contribution in [0.1, 0.15) is 45.1 Å². The van der Waals surface area contributed by atoms with E-state index >= 15 is 0 Å². The van der Waals surface area contributed by atoms with Gasteiger partial charge < -0.3 is 24.4 Å². The minimum absolute atomic E-state index is 0.0276. The SMILES string of the molecule is C=CCOC(=O)[C@H]1[C@H]2C(=O)N(CCCCCO)C(C(=O)N(CC=C)c3c(C)cccc3Cl)C23CC(C)[C@]1(C)O3. The highest BCUT2D eigenvalue weighted by molar-refractivity contribution is 6.34. The lowest BCUT2D eigenvalue weighted by molar-refractivity contribution is -0.160. The molecule has 2 amide bonds. The number of fused-ring (bicyclic) bond motifs is 1. The Balaban J connectivity index is 1.82. The molecule has 3 unspecified atom stereocenters. The van der Waals surface area contributed by atoms with E-state index < -0.39 is 35.0 Å². The van der Waals surface area contributed by atoms with E-state index in [0.717, 1.165) is 5.56 Å². The quantitative estimate of drug-likeness (QED) is 0.236. The Labute approximate surface area is 235 Å². The summed E-state index contributed by atoms with van der Waals surface area (Å²) in [5.74, 6) is -2.89. The maximum atomic E-state index is 14.6. The molecule has 39 heavy (non-hydrogen) atoms. The van der Waals surface area contributed by atoms with Gasteiger partial charge in [0.05, 0.1) is 22.2 Å². The lowest BCUT2D eigenvalue weighted by Gasteiger charge is -2.37. The molecule has 4 rings (SSSR count). The number of anilines is 1. The Kier molecular flexibility index (Phi) is 8.59. The monoisotopic (exact) mass is 558 g/mol. The van der Waals surface area contributed by atoms with Crippen molar-refractivity contribution in [3.05, 3.63) is 54.1 Å². The van der Waals surface area contributed by atoms with Crippen LogP contribution in [0.4, 0.5) is 5.69 Å². The molecule has 3 heterocycles. The number of hydrogen-bond donors (Lipinski definition) is 1. The van der Waals surface area contributed by atoms with Crippen molar-refractivity contribution >= 4 is 35.1 Å². The average Bonchev–Trinajstić information content (AvgIpc) is 3.40. The number of rotatable bonds is 12. The fourth-order valence-electron chi connectivity index (χ4n) is 6.95. The van der Waals surface area contributed by atoms with Crippen molar-refractivity contribution < 1.29 is 29.0 Å². The van der Waals surface area contributed by atoms with Crippen molar-refractivity contribution in [1.29, 1.82) is 0 Å². The molecule has 1 aromatic carbocycles. The summed E-state index contributed by atoms with van der Waals surface area (Å²) in [4.78, 5) is 45.4. The number of amides is 2. The molecule has 1 spiro atoms. The minimum Gasteiger partial charge on any atom is -0.461 e. The Morgan fingerprint density at radius 3 is 2.67 bits per heavy atom. The zero-order valence-electron chi connectivity index (χ0n) is 23.0. The molecule has 0 aliphatic carbocycles. The van der Waals surface area contributed by atoms with Gasteiger partial charge in [0.15, 0.2) is 0 Å². The number of carbonyl (C=O) groups is 3. The Morgan fingerprint density at radius 1 is 1.28 bits per heavy atom. The van der Waals surface area contributed by atoms with Crippen molar-refractivity contribution in [3.8, 4) is 0 Å². The minimum atomic E-state index is -1.19. The Hall–Kier alpha value is -2.68. The summed E-state index contributed by atoms with van der Waals surface area (Å²) in [5.41, 5.74) is -0.770. The second-order valence-electron chi connectivity index (χ2n) is 11.1. The summed E-state index contributed by atoms with van der Waals surface area (Å²) in [6.07, 6.45) is 5.47. The van der Waals surface area contributed by atoms with Gasteiger partial charge in [-0.05, 0) is 57.1 Å². The van der Waals surface area contributed by atoms with Crippen LogP contribution in [0, 0.1) is 24.7 Å². The molecule has 0 radical (unpaired) electrons. The predicted molar refractivity (Wildman–Crippen MR) is 149 cm³/mol. The third-order valence-electron chi connectivity index (χ3n) is 8.74. The fraction of sp³-hybridized carbons (Fsp3) is 0.567. The molecule has 2 bridgehead atoms. The van der Waals surface area contributed by atoms with Crippen LogP contribution in [0.3, 0.4) is 0 Å². The molecule has 9 heteroatoms. The maximum Gasteiger partial charge on any atom is 0.313 e. The molecule has 3 fully saturated rings. The predicted octanol–water partition coefficient (Wildman–Crippen LogP) is 4.07. The standard InChI is InChI=1S/C30H39ClN2O6/c1-6-14-32(24-19(3)12-11-13-21(24)31)27(36)25-30-18-20(4)29(5,39-30)23(28(37)38-17-7-2)22(30)26(35)33(25)15-9-8-10-16-34/h6-7,11-13,20,22-23,25,34H,1-2,8-10,14-18H2,3-5H3/t20?,22-,23+,25?,29-,30?/m0/s1. The van der Waals surface area contributed by atoms with Gasteiger partial charge in [0.1, 0.15) is 24.2 Å².